The van der Waals surface area contributed by atoms with Crippen LogP contribution in [0.4, 0.5) is 11.5 Å². The summed E-state index contributed by atoms with van der Waals surface area (Å²) < 4.78 is 0. The van der Waals surface area contributed by atoms with Crippen molar-refractivity contribution in [1.29, 1.82) is 0 Å². The number of aliphatic carboxylic acids is 1. The van der Waals surface area contributed by atoms with Gasteiger partial charge in [-0.2, -0.15) is 0 Å². The van der Waals surface area contributed by atoms with Crippen LogP contribution in [0.3, 0.4) is 0 Å². The predicted octanol–water partition coefficient (Wildman–Crippen LogP) is 1.12. The molecule has 2 N–H and O–H groups in total. The fourth-order valence-electron chi connectivity index (χ4n) is 0.975. The van der Waals surface area contributed by atoms with Crippen molar-refractivity contribution in [2.24, 2.45) is 5.92 Å². The SMILES string of the molecule is CC(CNc1cc([N+](=O)[O-])ccn1)C(=O)O. The molecule has 16 heavy (non-hydrogen) atoms. The summed E-state index contributed by atoms with van der Waals surface area (Å²) in [6.07, 6.45) is 1.30. The van der Waals surface area contributed by atoms with Crippen LogP contribution in [0.25, 0.3) is 0 Å². The Morgan fingerprint density at radius 1 is 1.75 bits per heavy atom. The fraction of sp³-hybridized carbons (Fsp3) is 0.333. The standard InChI is InChI=1S/C9H11N3O4/c1-6(9(13)14)5-11-8-4-7(12(15)16)2-3-10-8/h2-4,6H,5H2,1H3,(H,10,11)(H,13,14). The molecule has 1 rings (SSSR count). The third-order valence-corrected chi connectivity index (χ3v) is 1.97. The molecule has 7 heteroatoms. The normalized spacial score (nSPS) is 11.8. The Hall–Kier alpha value is -2.18. The molecule has 0 aliphatic heterocycles. The highest BCUT2D eigenvalue weighted by Gasteiger charge is 2.11. The van der Waals surface area contributed by atoms with Crippen LogP contribution in [-0.2, 0) is 4.79 Å². The van der Waals surface area contributed by atoms with Crippen LogP contribution in [0.1, 0.15) is 6.92 Å². The second kappa shape index (κ2) is 5.06. The van der Waals surface area contributed by atoms with Crippen molar-refractivity contribution in [2.75, 3.05) is 11.9 Å². The first-order valence-electron chi connectivity index (χ1n) is 4.58. The minimum atomic E-state index is -0.932. The molecule has 0 amide bonds. The monoisotopic (exact) mass is 225 g/mol. The third-order valence-electron chi connectivity index (χ3n) is 1.97. The highest BCUT2D eigenvalue weighted by Crippen LogP contribution is 2.14. The summed E-state index contributed by atoms with van der Waals surface area (Å²) in [7, 11) is 0. The molecule has 1 heterocycles. The van der Waals surface area contributed by atoms with Crippen molar-refractivity contribution in [2.45, 2.75) is 6.92 Å². The van der Waals surface area contributed by atoms with E-state index < -0.39 is 16.8 Å². The van der Waals surface area contributed by atoms with Gasteiger partial charge in [-0.25, -0.2) is 4.98 Å². The van der Waals surface area contributed by atoms with Gasteiger partial charge in [0, 0.05) is 18.8 Å². The van der Waals surface area contributed by atoms with Crippen LogP contribution in [-0.4, -0.2) is 27.5 Å². The molecule has 0 fully saturated rings. The molecule has 0 spiro atoms. The van der Waals surface area contributed by atoms with Gasteiger partial charge in [-0.15, -0.1) is 0 Å². The zero-order valence-corrected chi connectivity index (χ0v) is 8.58. The van der Waals surface area contributed by atoms with E-state index in [2.05, 4.69) is 10.3 Å². The number of carbonyl (C=O) groups is 1. The number of anilines is 1. The number of nitrogens with zero attached hydrogens (tertiary/aromatic N) is 2. The fourth-order valence-corrected chi connectivity index (χ4v) is 0.975. The molecule has 86 valence electrons. The van der Waals surface area contributed by atoms with Gasteiger partial charge < -0.3 is 10.4 Å². The van der Waals surface area contributed by atoms with Gasteiger partial charge in [0.15, 0.2) is 0 Å². The second-order valence-electron chi connectivity index (χ2n) is 3.28. The van der Waals surface area contributed by atoms with Crippen molar-refractivity contribution in [1.82, 2.24) is 4.98 Å². The molecule has 0 aliphatic rings. The first-order valence-corrected chi connectivity index (χ1v) is 4.58. The number of nitro groups is 1. The van der Waals surface area contributed by atoms with Gasteiger partial charge in [0.1, 0.15) is 5.82 Å². The lowest BCUT2D eigenvalue weighted by Crippen LogP contribution is -2.20. The highest BCUT2D eigenvalue weighted by molar-refractivity contribution is 5.70. The molecule has 1 unspecified atom stereocenters. The predicted molar refractivity (Wildman–Crippen MR) is 56.2 cm³/mol. The van der Waals surface area contributed by atoms with E-state index in [-0.39, 0.29) is 12.2 Å². The summed E-state index contributed by atoms with van der Waals surface area (Å²) in [5.41, 5.74) is -0.0829. The van der Waals surface area contributed by atoms with Crippen LogP contribution in [0.2, 0.25) is 0 Å². The largest absolute Gasteiger partial charge is 0.481 e. The first-order chi connectivity index (χ1) is 7.50. The lowest BCUT2D eigenvalue weighted by atomic mass is 10.2. The average molecular weight is 225 g/mol. The molecule has 1 aromatic rings. The summed E-state index contributed by atoms with van der Waals surface area (Å²) in [5.74, 6) is -1.22. The Kier molecular flexibility index (Phi) is 3.76. The molecule has 0 radical (unpaired) electrons. The summed E-state index contributed by atoms with van der Waals surface area (Å²) in [5, 5.41) is 21.8. The number of hydrogen-bond donors (Lipinski definition) is 2. The van der Waals surface area contributed by atoms with Crippen LogP contribution in [0.15, 0.2) is 18.3 Å². The van der Waals surface area contributed by atoms with Crippen molar-refractivity contribution < 1.29 is 14.8 Å². The topological polar surface area (TPSA) is 105 Å². The van der Waals surface area contributed by atoms with E-state index in [0.29, 0.717) is 5.82 Å². The molecule has 1 aromatic heterocycles. The molecule has 0 saturated heterocycles. The summed E-state index contributed by atoms with van der Waals surface area (Å²) in [6.45, 7) is 1.70. The summed E-state index contributed by atoms with van der Waals surface area (Å²) in [6, 6.07) is 2.53. The number of carboxylic acids is 1. The maximum atomic E-state index is 10.5. The van der Waals surface area contributed by atoms with E-state index >= 15 is 0 Å². The number of carboxylic acid groups (broad SMARTS) is 1. The molecule has 0 saturated carbocycles. The molecular formula is C9H11N3O4. The first kappa shape index (κ1) is 11.9. The van der Waals surface area contributed by atoms with Crippen LogP contribution in [0.5, 0.6) is 0 Å². The minimum Gasteiger partial charge on any atom is -0.481 e. The van der Waals surface area contributed by atoms with Crippen LogP contribution in [0, 0.1) is 16.0 Å². The van der Waals surface area contributed by atoms with E-state index in [1.165, 1.54) is 25.3 Å². The van der Waals surface area contributed by atoms with Crippen LogP contribution >= 0.6 is 0 Å². The Balaban J connectivity index is 2.64. The van der Waals surface area contributed by atoms with E-state index in [1.807, 2.05) is 0 Å². The number of hydrogen-bond acceptors (Lipinski definition) is 5. The Labute approximate surface area is 91.3 Å². The van der Waals surface area contributed by atoms with Gasteiger partial charge in [-0.05, 0) is 0 Å². The van der Waals surface area contributed by atoms with E-state index in [4.69, 9.17) is 5.11 Å². The lowest BCUT2D eigenvalue weighted by molar-refractivity contribution is -0.384. The Morgan fingerprint density at radius 2 is 2.44 bits per heavy atom. The van der Waals surface area contributed by atoms with Crippen LogP contribution < -0.4 is 5.32 Å². The van der Waals surface area contributed by atoms with Crippen molar-refractivity contribution in [3.8, 4) is 0 Å². The van der Waals surface area contributed by atoms with E-state index in [9.17, 15) is 14.9 Å². The van der Waals surface area contributed by atoms with Gasteiger partial charge in [0.05, 0.1) is 16.9 Å². The summed E-state index contributed by atoms with van der Waals surface area (Å²) >= 11 is 0. The Morgan fingerprint density at radius 3 is 3.00 bits per heavy atom. The molecule has 0 aliphatic carbocycles. The minimum absolute atomic E-state index is 0.0829. The smallest absolute Gasteiger partial charge is 0.308 e. The number of pyridine rings is 1. The van der Waals surface area contributed by atoms with Gasteiger partial charge in [0.2, 0.25) is 0 Å². The Bertz CT molecular complexity index is 407. The molecule has 0 bridgehead atoms. The maximum absolute atomic E-state index is 10.5. The number of aromatic nitrogens is 1. The molecular weight excluding hydrogens is 214 g/mol. The van der Waals surface area contributed by atoms with Crippen molar-refractivity contribution in [3.63, 3.8) is 0 Å². The van der Waals surface area contributed by atoms with Crippen molar-refractivity contribution >= 4 is 17.5 Å². The highest BCUT2D eigenvalue weighted by atomic mass is 16.6. The molecule has 0 aromatic carbocycles. The van der Waals surface area contributed by atoms with E-state index in [1.54, 1.807) is 0 Å². The van der Waals surface area contributed by atoms with Gasteiger partial charge in [-0.1, -0.05) is 6.92 Å². The number of rotatable bonds is 5. The maximum Gasteiger partial charge on any atom is 0.308 e. The van der Waals surface area contributed by atoms with E-state index in [0.717, 1.165) is 0 Å². The van der Waals surface area contributed by atoms with Gasteiger partial charge >= 0.3 is 5.97 Å². The quantitative estimate of drug-likeness (QED) is 0.574. The van der Waals surface area contributed by atoms with Gasteiger partial charge in [-0.3, -0.25) is 14.9 Å². The van der Waals surface area contributed by atoms with Gasteiger partial charge in [0.25, 0.3) is 5.69 Å². The number of nitrogens with one attached hydrogen (secondary N) is 1. The summed E-state index contributed by atoms with van der Waals surface area (Å²) in [4.78, 5) is 24.3. The van der Waals surface area contributed by atoms with Crippen molar-refractivity contribution in [3.05, 3.63) is 28.4 Å². The molecule has 7 nitrogen and oxygen atoms in total. The zero-order valence-electron chi connectivity index (χ0n) is 8.58. The second-order valence-corrected chi connectivity index (χ2v) is 3.28. The zero-order chi connectivity index (χ0) is 12.1. The third kappa shape index (κ3) is 3.19. The molecule has 1 atom stereocenters. The lowest BCUT2D eigenvalue weighted by Gasteiger charge is -2.08. The average Bonchev–Trinajstić information content (AvgIpc) is 2.26.